The second-order valence-electron chi connectivity index (χ2n) is 3.55. The van der Waals surface area contributed by atoms with Crippen LogP contribution in [-0.2, 0) is 6.54 Å². The van der Waals surface area contributed by atoms with Crippen molar-refractivity contribution in [2.24, 2.45) is 0 Å². The standard InChI is InChI=1S/C10H13N3O4/c1-2-7-11(13(16)17)8-9-3-5-10(6-4-9)12(14)15/h3-6H,2,7-8H2,1H3. The summed E-state index contributed by atoms with van der Waals surface area (Å²) in [5.41, 5.74) is 0.664. The number of non-ortho nitro benzene ring substituents is 1. The fraction of sp³-hybridized carbons (Fsp3) is 0.400. The maximum atomic E-state index is 10.7. The predicted molar refractivity (Wildman–Crippen MR) is 60.8 cm³/mol. The topological polar surface area (TPSA) is 89.5 Å². The van der Waals surface area contributed by atoms with Crippen LogP contribution >= 0.6 is 0 Å². The first-order valence-corrected chi connectivity index (χ1v) is 5.17. The van der Waals surface area contributed by atoms with Crippen LogP contribution < -0.4 is 0 Å². The first-order valence-electron chi connectivity index (χ1n) is 5.17. The summed E-state index contributed by atoms with van der Waals surface area (Å²) in [4.78, 5) is 20.6. The highest BCUT2D eigenvalue weighted by molar-refractivity contribution is 5.32. The van der Waals surface area contributed by atoms with Crippen molar-refractivity contribution in [2.45, 2.75) is 19.9 Å². The van der Waals surface area contributed by atoms with Gasteiger partial charge in [-0.2, -0.15) is 0 Å². The lowest BCUT2D eigenvalue weighted by Crippen LogP contribution is -2.30. The Morgan fingerprint density at radius 3 is 2.18 bits per heavy atom. The van der Waals surface area contributed by atoms with Crippen LogP contribution in [0.25, 0.3) is 0 Å². The van der Waals surface area contributed by atoms with E-state index >= 15 is 0 Å². The summed E-state index contributed by atoms with van der Waals surface area (Å²) in [7, 11) is 0. The molecule has 0 spiro atoms. The fourth-order valence-corrected chi connectivity index (χ4v) is 1.41. The summed E-state index contributed by atoms with van der Waals surface area (Å²) in [5.74, 6) is 0. The van der Waals surface area contributed by atoms with Crippen LogP contribution in [0, 0.1) is 20.2 Å². The molecule has 7 heteroatoms. The number of nitro benzene ring substituents is 1. The molecule has 0 bridgehead atoms. The van der Waals surface area contributed by atoms with Crippen molar-refractivity contribution in [3.8, 4) is 0 Å². The third-order valence-corrected chi connectivity index (χ3v) is 2.22. The van der Waals surface area contributed by atoms with E-state index in [-0.39, 0.29) is 12.2 Å². The molecule has 0 aliphatic rings. The summed E-state index contributed by atoms with van der Waals surface area (Å²) >= 11 is 0. The number of benzene rings is 1. The van der Waals surface area contributed by atoms with Crippen LogP contribution in [0.3, 0.4) is 0 Å². The molecule has 0 unspecified atom stereocenters. The summed E-state index contributed by atoms with van der Waals surface area (Å²) in [6, 6.07) is 5.76. The van der Waals surface area contributed by atoms with Crippen molar-refractivity contribution in [2.75, 3.05) is 6.54 Å². The lowest BCUT2D eigenvalue weighted by Gasteiger charge is -2.12. The molecule has 1 aromatic rings. The molecule has 1 rings (SSSR count). The van der Waals surface area contributed by atoms with E-state index in [0.717, 1.165) is 5.01 Å². The molecule has 1 aromatic carbocycles. The molecule has 0 aliphatic carbocycles. The zero-order chi connectivity index (χ0) is 12.8. The Balaban J connectivity index is 2.73. The second-order valence-corrected chi connectivity index (χ2v) is 3.55. The molecule has 0 aliphatic heterocycles. The van der Waals surface area contributed by atoms with Gasteiger partial charge in [0.15, 0.2) is 5.03 Å². The van der Waals surface area contributed by atoms with Gasteiger partial charge in [-0.25, -0.2) is 10.1 Å². The first-order chi connectivity index (χ1) is 8.04. The molecule has 0 saturated heterocycles. The highest BCUT2D eigenvalue weighted by Crippen LogP contribution is 2.13. The third-order valence-electron chi connectivity index (χ3n) is 2.22. The SMILES string of the molecule is CCCN(Cc1ccc([N+](=O)[O-])cc1)[N+](=O)[O-]. The van der Waals surface area contributed by atoms with Gasteiger partial charge < -0.3 is 0 Å². The van der Waals surface area contributed by atoms with Crippen LogP contribution in [0.1, 0.15) is 18.9 Å². The van der Waals surface area contributed by atoms with Gasteiger partial charge in [0.25, 0.3) is 5.69 Å². The van der Waals surface area contributed by atoms with E-state index in [9.17, 15) is 20.2 Å². The van der Waals surface area contributed by atoms with Gasteiger partial charge in [-0.3, -0.25) is 10.1 Å². The van der Waals surface area contributed by atoms with Gasteiger partial charge in [0, 0.05) is 12.1 Å². The van der Waals surface area contributed by atoms with Crippen LogP contribution in [0.4, 0.5) is 5.69 Å². The van der Waals surface area contributed by atoms with Crippen molar-refractivity contribution in [3.63, 3.8) is 0 Å². The maximum absolute atomic E-state index is 10.7. The van der Waals surface area contributed by atoms with E-state index in [1.165, 1.54) is 24.3 Å². The summed E-state index contributed by atoms with van der Waals surface area (Å²) in [6.07, 6.45) is 0.675. The monoisotopic (exact) mass is 239 g/mol. The van der Waals surface area contributed by atoms with E-state index in [1.54, 1.807) is 0 Å². The van der Waals surface area contributed by atoms with E-state index in [1.807, 2.05) is 6.92 Å². The minimum atomic E-state index is -0.499. The number of hydrazine groups is 1. The van der Waals surface area contributed by atoms with E-state index in [2.05, 4.69) is 0 Å². The van der Waals surface area contributed by atoms with Gasteiger partial charge >= 0.3 is 0 Å². The van der Waals surface area contributed by atoms with Crippen molar-refractivity contribution in [1.29, 1.82) is 0 Å². The molecule has 0 saturated carbocycles. The number of hydrogen-bond acceptors (Lipinski definition) is 4. The largest absolute Gasteiger partial charge is 0.269 e. The van der Waals surface area contributed by atoms with Crippen LogP contribution in [0.15, 0.2) is 24.3 Å². The van der Waals surface area contributed by atoms with Gasteiger partial charge in [0.05, 0.1) is 11.5 Å². The Bertz CT molecular complexity index is 405. The van der Waals surface area contributed by atoms with Crippen LogP contribution in [0.2, 0.25) is 0 Å². The number of rotatable bonds is 6. The maximum Gasteiger partial charge on any atom is 0.269 e. The lowest BCUT2D eigenvalue weighted by molar-refractivity contribution is -0.659. The van der Waals surface area contributed by atoms with Crippen molar-refractivity contribution in [3.05, 3.63) is 50.1 Å². The zero-order valence-electron chi connectivity index (χ0n) is 9.41. The molecule has 0 aromatic heterocycles. The highest BCUT2D eigenvalue weighted by Gasteiger charge is 2.14. The molecule has 0 radical (unpaired) electrons. The molecule has 17 heavy (non-hydrogen) atoms. The molecule has 92 valence electrons. The fourth-order valence-electron chi connectivity index (χ4n) is 1.41. The van der Waals surface area contributed by atoms with E-state index in [4.69, 9.17) is 0 Å². The molecular weight excluding hydrogens is 226 g/mol. The molecule has 0 N–H and O–H groups in total. The first kappa shape index (κ1) is 12.9. The van der Waals surface area contributed by atoms with Gasteiger partial charge in [0.2, 0.25) is 0 Å². The number of hydrogen-bond donors (Lipinski definition) is 0. The normalized spacial score (nSPS) is 9.94. The molecule has 0 amide bonds. The quantitative estimate of drug-likeness (QED) is 0.559. The van der Waals surface area contributed by atoms with E-state index in [0.29, 0.717) is 18.5 Å². The van der Waals surface area contributed by atoms with Gasteiger partial charge in [0.1, 0.15) is 6.54 Å². The molecule has 0 fully saturated rings. The third kappa shape index (κ3) is 3.71. The Hall–Kier alpha value is -2.18. The van der Waals surface area contributed by atoms with Crippen molar-refractivity contribution in [1.82, 2.24) is 5.01 Å². The Labute approximate surface area is 97.9 Å². The van der Waals surface area contributed by atoms with Crippen LogP contribution in [-0.4, -0.2) is 21.5 Å². The number of nitrogens with zero attached hydrogens (tertiary/aromatic N) is 3. The van der Waals surface area contributed by atoms with Crippen LogP contribution in [0.5, 0.6) is 0 Å². The molecule has 0 heterocycles. The lowest BCUT2D eigenvalue weighted by atomic mass is 10.2. The molecular formula is C10H13N3O4. The highest BCUT2D eigenvalue weighted by atomic mass is 16.7. The average Bonchev–Trinajstić information content (AvgIpc) is 2.29. The van der Waals surface area contributed by atoms with Gasteiger partial charge in [-0.15, -0.1) is 5.01 Å². The molecule has 7 nitrogen and oxygen atoms in total. The summed E-state index contributed by atoms with van der Waals surface area (Å²) in [5, 5.41) is 21.8. The van der Waals surface area contributed by atoms with Gasteiger partial charge in [-0.1, -0.05) is 19.1 Å². The smallest absolute Gasteiger partial charge is 0.258 e. The summed E-state index contributed by atoms with van der Waals surface area (Å²) < 4.78 is 0. The van der Waals surface area contributed by atoms with Gasteiger partial charge in [-0.05, 0) is 12.0 Å². The van der Waals surface area contributed by atoms with Crippen molar-refractivity contribution < 1.29 is 9.96 Å². The average molecular weight is 239 g/mol. The minimum Gasteiger partial charge on any atom is -0.258 e. The van der Waals surface area contributed by atoms with E-state index < -0.39 is 9.96 Å². The Morgan fingerprint density at radius 2 is 1.76 bits per heavy atom. The molecule has 0 atom stereocenters. The Morgan fingerprint density at radius 1 is 1.18 bits per heavy atom. The minimum absolute atomic E-state index is 0.0168. The summed E-state index contributed by atoms with van der Waals surface area (Å²) in [6.45, 7) is 2.36. The van der Waals surface area contributed by atoms with Crippen molar-refractivity contribution >= 4 is 5.69 Å². The second kappa shape index (κ2) is 5.78. The predicted octanol–water partition coefficient (Wildman–Crippen LogP) is 2.00. The zero-order valence-corrected chi connectivity index (χ0v) is 9.41. The Kier molecular flexibility index (Phi) is 4.38. The number of nitro groups is 2.